The molecule has 3 fully saturated rings. The first-order chi connectivity index (χ1) is 8.77. The van der Waals surface area contributed by atoms with Gasteiger partial charge in [-0.2, -0.15) is 0 Å². The molecule has 0 aromatic heterocycles. The lowest BCUT2D eigenvalue weighted by Crippen LogP contribution is -2.41. The van der Waals surface area contributed by atoms with Crippen LogP contribution in [0.1, 0.15) is 32.6 Å². The first-order valence-corrected chi connectivity index (χ1v) is 7.61. The van der Waals surface area contributed by atoms with Crippen molar-refractivity contribution in [2.24, 2.45) is 23.7 Å². The van der Waals surface area contributed by atoms with E-state index in [4.69, 9.17) is 4.74 Å². The predicted molar refractivity (Wildman–Crippen MR) is 77.6 cm³/mol. The van der Waals surface area contributed by atoms with E-state index in [0.29, 0.717) is 29.5 Å². The molecule has 3 nitrogen and oxygen atoms in total. The summed E-state index contributed by atoms with van der Waals surface area (Å²) in [4.78, 5) is 15.0. The summed E-state index contributed by atoms with van der Waals surface area (Å²) in [5.74, 6) is 2.58. The fourth-order valence-electron chi connectivity index (χ4n) is 4.29. The van der Waals surface area contributed by atoms with Crippen molar-refractivity contribution in [3.63, 3.8) is 0 Å². The lowest BCUT2D eigenvalue weighted by molar-refractivity contribution is -0.126. The highest BCUT2D eigenvalue weighted by molar-refractivity contribution is 5.86. The van der Waals surface area contributed by atoms with Gasteiger partial charge >= 0.3 is 0 Å². The Labute approximate surface area is 122 Å². The number of morpholine rings is 1. The van der Waals surface area contributed by atoms with E-state index in [-0.39, 0.29) is 12.4 Å². The maximum atomic E-state index is 12.6. The van der Waals surface area contributed by atoms with Crippen LogP contribution in [-0.2, 0) is 9.53 Å². The first-order valence-electron chi connectivity index (χ1n) is 7.61. The second-order valence-corrected chi connectivity index (χ2v) is 6.34. The SMILES string of the molecule is CC1C(CN2CCOCC2)C(=O)C2CCCCC21.Cl. The second kappa shape index (κ2) is 6.55. The van der Waals surface area contributed by atoms with Gasteiger partial charge in [0.25, 0.3) is 0 Å². The van der Waals surface area contributed by atoms with Crippen molar-refractivity contribution in [2.45, 2.75) is 32.6 Å². The second-order valence-electron chi connectivity index (χ2n) is 6.34. The zero-order valence-electron chi connectivity index (χ0n) is 11.8. The number of fused-ring (bicyclic) bond motifs is 1. The van der Waals surface area contributed by atoms with Gasteiger partial charge in [-0.15, -0.1) is 12.4 Å². The lowest BCUT2D eigenvalue weighted by atomic mass is 9.78. The Kier molecular flexibility index (Phi) is 5.27. The summed E-state index contributed by atoms with van der Waals surface area (Å²) < 4.78 is 5.39. The van der Waals surface area contributed by atoms with Crippen molar-refractivity contribution < 1.29 is 9.53 Å². The molecular formula is C15H26ClNO2. The van der Waals surface area contributed by atoms with Gasteiger partial charge in [0.15, 0.2) is 0 Å². The van der Waals surface area contributed by atoms with Crippen LogP contribution in [0.15, 0.2) is 0 Å². The third-order valence-electron chi connectivity index (χ3n) is 5.42. The van der Waals surface area contributed by atoms with E-state index in [9.17, 15) is 4.79 Å². The van der Waals surface area contributed by atoms with Gasteiger partial charge < -0.3 is 4.74 Å². The standard InChI is InChI=1S/C15H25NO2.ClH/c1-11-12-4-2-3-5-13(12)15(17)14(11)10-16-6-8-18-9-7-16;/h11-14H,2-10H2,1H3;1H. The minimum Gasteiger partial charge on any atom is -0.379 e. The number of carbonyl (C=O) groups excluding carboxylic acids is 1. The largest absolute Gasteiger partial charge is 0.379 e. The normalized spacial score (nSPS) is 39.7. The van der Waals surface area contributed by atoms with Crippen LogP contribution in [0.2, 0.25) is 0 Å². The van der Waals surface area contributed by atoms with Crippen molar-refractivity contribution in [3.8, 4) is 0 Å². The minimum atomic E-state index is 0. The van der Waals surface area contributed by atoms with Gasteiger partial charge in [-0.25, -0.2) is 0 Å². The Morgan fingerprint density at radius 1 is 1.21 bits per heavy atom. The van der Waals surface area contributed by atoms with Crippen molar-refractivity contribution in [1.29, 1.82) is 0 Å². The Balaban J connectivity index is 0.00000133. The summed E-state index contributed by atoms with van der Waals surface area (Å²) in [6.07, 6.45) is 5.05. The van der Waals surface area contributed by atoms with Gasteiger partial charge in [-0.3, -0.25) is 9.69 Å². The molecule has 3 rings (SSSR count). The monoisotopic (exact) mass is 287 g/mol. The topological polar surface area (TPSA) is 29.5 Å². The molecule has 0 spiro atoms. The summed E-state index contributed by atoms with van der Waals surface area (Å²) in [5, 5.41) is 0. The number of hydrogen-bond acceptors (Lipinski definition) is 3. The molecule has 3 aliphatic rings. The molecule has 4 atom stereocenters. The number of Topliss-reactive ketones (excluding diaryl/α,β-unsaturated/α-hetero) is 1. The molecule has 0 aromatic carbocycles. The van der Waals surface area contributed by atoms with Gasteiger partial charge in [-0.05, 0) is 24.7 Å². The van der Waals surface area contributed by atoms with Gasteiger partial charge in [-0.1, -0.05) is 19.8 Å². The van der Waals surface area contributed by atoms with Gasteiger partial charge in [0, 0.05) is 31.5 Å². The molecule has 0 N–H and O–H groups in total. The van der Waals surface area contributed by atoms with Crippen LogP contribution in [0.4, 0.5) is 0 Å². The molecule has 1 aliphatic heterocycles. The van der Waals surface area contributed by atoms with Crippen molar-refractivity contribution in [2.75, 3.05) is 32.8 Å². The molecule has 4 unspecified atom stereocenters. The molecule has 1 heterocycles. The third kappa shape index (κ3) is 2.98. The van der Waals surface area contributed by atoms with Crippen molar-refractivity contribution in [1.82, 2.24) is 4.90 Å². The molecule has 1 saturated heterocycles. The summed E-state index contributed by atoms with van der Waals surface area (Å²) in [5.41, 5.74) is 0. The van der Waals surface area contributed by atoms with E-state index in [1.165, 1.54) is 19.3 Å². The first kappa shape index (κ1) is 15.3. The number of ether oxygens (including phenoxy) is 1. The Hall–Kier alpha value is -0.120. The summed E-state index contributed by atoms with van der Waals surface area (Å²) in [6, 6.07) is 0. The highest BCUT2D eigenvalue weighted by Crippen LogP contribution is 2.46. The molecule has 0 radical (unpaired) electrons. The van der Waals surface area contributed by atoms with Crippen LogP contribution in [0, 0.1) is 23.7 Å². The molecule has 0 bridgehead atoms. The number of carbonyl (C=O) groups is 1. The van der Waals surface area contributed by atoms with Crippen LogP contribution in [0.3, 0.4) is 0 Å². The molecule has 2 saturated carbocycles. The van der Waals surface area contributed by atoms with Gasteiger partial charge in [0.05, 0.1) is 13.2 Å². The van der Waals surface area contributed by atoms with Crippen molar-refractivity contribution in [3.05, 3.63) is 0 Å². The number of halogens is 1. The fraction of sp³-hybridized carbons (Fsp3) is 0.933. The molecule has 0 aromatic rings. The Morgan fingerprint density at radius 3 is 2.58 bits per heavy atom. The quantitative estimate of drug-likeness (QED) is 0.781. The maximum Gasteiger partial charge on any atom is 0.140 e. The molecule has 4 heteroatoms. The fourth-order valence-corrected chi connectivity index (χ4v) is 4.29. The number of hydrogen-bond donors (Lipinski definition) is 0. The molecule has 0 amide bonds. The number of rotatable bonds is 2. The Morgan fingerprint density at radius 2 is 1.89 bits per heavy atom. The molecular weight excluding hydrogens is 262 g/mol. The number of ketones is 1. The highest BCUT2D eigenvalue weighted by atomic mass is 35.5. The van der Waals surface area contributed by atoms with E-state index in [2.05, 4.69) is 11.8 Å². The average Bonchev–Trinajstić information content (AvgIpc) is 2.66. The maximum absolute atomic E-state index is 12.6. The summed E-state index contributed by atoms with van der Waals surface area (Å²) in [7, 11) is 0. The minimum absolute atomic E-state index is 0. The van der Waals surface area contributed by atoms with Gasteiger partial charge in [0.1, 0.15) is 5.78 Å². The predicted octanol–water partition coefficient (Wildman–Crippen LogP) is 2.38. The highest BCUT2D eigenvalue weighted by Gasteiger charge is 2.48. The van der Waals surface area contributed by atoms with Crippen molar-refractivity contribution >= 4 is 18.2 Å². The van der Waals surface area contributed by atoms with E-state index >= 15 is 0 Å². The molecule has 2 aliphatic carbocycles. The Bertz CT molecular complexity index is 317. The van der Waals surface area contributed by atoms with E-state index < -0.39 is 0 Å². The smallest absolute Gasteiger partial charge is 0.140 e. The summed E-state index contributed by atoms with van der Waals surface area (Å²) in [6.45, 7) is 6.98. The van der Waals surface area contributed by atoms with Crippen LogP contribution >= 0.6 is 12.4 Å². The molecule has 110 valence electrons. The van der Waals surface area contributed by atoms with Gasteiger partial charge in [0.2, 0.25) is 0 Å². The third-order valence-corrected chi connectivity index (χ3v) is 5.42. The van der Waals surface area contributed by atoms with E-state index in [0.717, 1.165) is 39.3 Å². The zero-order valence-corrected chi connectivity index (χ0v) is 12.7. The average molecular weight is 288 g/mol. The van der Waals surface area contributed by atoms with Crippen LogP contribution in [0.5, 0.6) is 0 Å². The summed E-state index contributed by atoms with van der Waals surface area (Å²) >= 11 is 0. The zero-order chi connectivity index (χ0) is 12.5. The number of nitrogens with zero attached hydrogens (tertiary/aromatic N) is 1. The lowest BCUT2D eigenvalue weighted by Gasteiger charge is -2.30. The van der Waals surface area contributed by atoms with Crippen LogP contribution < -0.4 is 0 Å². The van der Waals surface area contributed by atoms with Crippen LogP contribution in [0.25, 0.3) is 0 Å². The van der Waals surface area contributed by atoms with Crippen LogP contribution in [-0.4, -0.2) is 43.5 Å². The van der Waals surface area contributed by atoms with E-state index in [1.807, 2.05) is 0 Å². The molecule has 19 heavy (non-hydrogen) atoms. The van der Waals surface area contributed by atoms with E-state index in [1.54, 1.807) is 0 Å².